The molecule has 160 valence electrons. The molecule has 2 aliphatic heterocycles. The molecule has 0 saturated carbocycles. The van der Waals surface area contributed by atoms with Gasteiger partial charge in [-0.2, -0.15) is 5.26 Å². The average Bonchev–Trinajstić information content (AvgIpc) is 2.74. The molecule has 7 nitrogen and oxygen atoms in total. The number of nitrogens with two attached hydrogens (primary N) is 1. The van der Waals surface area contributed by atoms with Gasteiger partial charge in [-0.05, 0) is 31.5 Å². The van der Waals surface area contributed by atoms with Gasteiger partial charge in [0.1, 0.15) is 17.4 Å². The van der Waals surface area contributed by atoms with Gasteiger partial charge in [0.25, 0.3) is 0 Å². The number of carbonyl (C=O) groups is 1. The van der Waals surface area contributed by atoms with E-state index in [9.17, 15) is 10.1 Å². The zero-order chi connectivity index (χ0) is 21.7. The number of esters is 1. The van der Waals surface area contributed by atoms with Crippen molar-refractivity contribution in [2.75, 3.05) is 39.3 Å². The third-order valence-electron chi connectivity index (χ3n) is 5.70. The highest BCUT2D eigenvalue weighted by Gasteiger charge is 2.36. The summed E-state index contributed by atoms with van der Waals surface area (Å²) in [6.45, 7) is 12.0. The summed E-state index contributed by atoms with van der Waals surface area (Å²) >= 11 is 0. The fraction of sp³-hybridized carbons (Fsp3) is 0.478. The fourth-order valence-corrected chi connectivity index (χ4v) is 4.08. The predicted octanol–water partition coefficient (Wildman–Crippen LogP) is 2.47. The van der Waals surface area contributed by atoms with Crippen molar-refractivity contribution in [1.82, 2.24) is 9.80 Å². The molecule has 0 aromatic heterocycles. The fourth-order valence-electron chi connectivity index (χ4n) is 4.08. The molecule has 1 unspecified atom stereocenters. The standard InChI is InChI=1S/C23H30N4O3/c1-4-26-9-11-27(12-10-26)15-17-7-6-8-18(13-17)21-19(14-24)22(25)30-16(3)20(21)23(28)29-5-2/h6-8,13,21H,4-5,9-12,15,25H2,1-3H3. The van der Waals surface area contributed by atoms with Crippen LogP contribution in [-0.4, -0.2) is 55.1 Å². The molecule has 7 heteroatoms. The summed E-state index contributed by atoms with van der Waals surface area (Å²) in [5, 5.41) is 9.73. The Morgan fingerprint density at radius 3 is 2.60 bits per heavy atom. The lowest BCUT2D eigenvalue weighted by molar-refractivity contribution is -0.139. The van der Waals surface area contributed by atoms with Crippen molar-refractivity contribution in [1.29, 1.82) is 5.26 Å². The first kappa shape index (κ1) is 21.9. The van der Waals surface area contributed by atoms with Crippen LogP contribution in [0.4, 0.5) is 0 Å². The van der Waals surface area contributed by atoms with Gasteiger partial charge in [-0.25, -0.2) is 4.79 Å². The number of benzene rings is 1. The van der Waals surface area contributed by atoms with E-state index in [1.165, 1.54) is 0 Å². The zero-order valence-corrected chi connectivity index (χ0v) is 18.0. The third kappa shape index (κ3) is 4.66. The van der Waals surface area contributed by atoms with E-state index in [4.69, 9.17) is 15.2 Å². The zero-order valence-electron chi connectivity index (χ0n) is 18.0. The van der Waals surface area contributed by atoms with Gasteiger partial charge >= 0.3 is 5.97 Å². The lowest BCUT2D eigenvalue weighted by Crippen LogP contribution is -2.45. The summed E-state index contributed by atoms with van der Waals surface area (Å²) in [5.74, 6) is -0.675. The predicted molar refractivity (Wildman–Crippen MR) is 114 cm³/mol. The van der Waals surface area contributed by atoms with E-state index in [1.54, 1.807) is 13.8 Å². The normalized spacial score (nSPS) is 20.7. The summed E-state index contributed by atoms with van der Waals surface area (Å²) in [6, 6.07) is 10.2. The molecule has 3 rings (SSSR count). The Bertz CT molecular complexity index is 892. The van der Waals surface area contributed by atoms with Crippen molar-refractivity contribution in [3.63, 3.8) is 0 Å². The molecule has 1 aromatic carbocycles. The van der Waals surface area contributed by atoms with Gasteiger partial charge in [-0.3, -0.25) is 4.90 Å². The Balaban J connectivity index is 1.90. The Morgan fingerprint density at radius 2 is 1.97 bits per heavy atom. The second kappa shape index (κ2) is 9.79. The van der Waals surface area contributed by atoms with Gasteiger partial charge in [-0.1, -0.05) is 31.2 Å². The lowest BCUT2D eigenvalue weighted by atomic mass is 9.82. The first-order valence-corrected chi connectivity index (χ1v) is 10.5. The van der Waals surface area contributed by atoms with Crippen LogP contribution in [0.2, 0.25) is 0 Å². The Labute approximate surface area is 178 Å². The number of hydrogen-bond acceptors (Lipinski definition) is 7. The number of ether oxygens (including phenoxy) is 2. The molecule has 0 bridgehead atoms. The molecule has 0 amide bonds. The summed E-state index contributed by atoms with van der Waals surface area (Å²) in [4.78, 5) is 17.5. The minimum atomic E-state index is -0.598. The quantitative estimate of drug-likeness (QED) is 0.720. The molecule has 2 N–H and O–H groups in total. The van der Waals surface area contributed by atoms with Crippen LogP contribution in [-0.2, 0) is 20.8 Å². The van der Waals surface area contributed by atoms with Crippen molar-refractivity contribution in [2.24, 2.45) is 5.73 Å². The number of nitriles is 1. The van der Waals surface area contributed by atoms with E-state index < -0.39 is 11.9 Å². The summed E-state index contributed by atoms with van der Waals surface area (Å²) < 4.78 is 10.7. The summed E-state index contributed by atoms with van der Waals surface area (Å²) in [5.41, 5.74) is 8.53. The molecular formula is C23H30N4O3. The molecule has 1 aromatic rings. The number of likely N-dealkylation sites (N-methyl/N-ethyl adjacent to an activating group) is 1. The molecule has 1 atom stereocenters. The lowest BCUT2D eigenvalue weighted by Gasteiger charge is -2.34. The van der Waals surface area contributed by atoms with Crippen LogP contribution in [0, 0.1) is 11.3 Å². The van der Waals surface area contributed by atoms with Crippen molar-refractivity contribution >= 4 is 5.97 Å². The van der Waals surface area contributed by atoms with E-state index in [0.29, 0.717) is 11.3 Å². The van der Waals surface area contributed by atoms with Gasteiger partial charge in [-0.15, -0.1) is 0 Å². The van der Waals surface area contributed by atoms with Crippen LogP contribution < -0.4 is 5.73 Å². The van der Waals surface area contributed by atoms with Crippen LogP contribution in [0.3, 0.4) is 0 Å². The van der Waals surface area contributed by atoms with Crippen LogP contribution in [0.25, 0.3) is 0 Å². The number of carbonyl (C=O) groups excluding carboxylic acids is 1. The molecule has 1 fully saturated rings. The molecule has 0 radical (unpaired) electrons. The van der Waals surface area contributed by atoms with Crippen molar-refractivity contribution < 1.29 is 14.3 Å². The topological polar surface area (TPSA) is 91.8 Å². The first-order valence-electron chi connectivity index (χ1n) is 10.5. The minimum absolute atomic E-state index is 0.0362. The maximum absolute atomic E-state index is 12.7. The first-order chi connectivity index (χ1) is 14.5. The smallest absolute Gasteiger partial charge is 0.338 e. The molecule has 2 aliphatic rings. The molecule has 30 heavy (non-hydrogen) atoms. The Kier molecular flexibility index (Phi) is 7.14. The Hall–Kier alpha value is -2.82. The maximum atomic E-state index is 12.7. The van der Waals surface area contributed by atoms with Crippen molar-refractivity contribution in [3.05, 3.63) is 58.2 Å². The van der Waals surface area contributed by atoms with Gasteiger partial charge in [0.2, 0.25) is 5.88 Å². The van der Waals surface area contributed by atoms with Gasteiger partial charge in [0.15, 0.2) is 0 Å². The number of rotatable bonds is 6. The largest absolute Gasteiger partial charge is 0.463 e. The van der Waals surface area contributed by atoms with Crippen LogP contribution >= 0.6 is 0 Å². The molecule has 1 saturated heterocycles. The van der Waals surface area contributed by atoms with Gasteiger partial charge in [0.05, 0.1) is 18.1 Å². The highest BCUT2D eigenvalue weighted by atomic mass is 16.5. The van der Waals surface area contributed by atoms with E-state index in [1.807, 2.05) is 12.1 Å². The maximum Gasteiger partial charge on any atom is 0.338 e. The van der Waals surface area contributed by atoms with Gasteiger partial charge < -0.3 is 20.1 Å². The van der Waals surface area contributed by atoms with E-state index in [-0.39, 0.29) is 18.1 Å². The number of allylic oxidation sites excluding steroid dienone is 2. The minimum Gasteiger partial charge on any atom is -0.463 e. The van der Waals surface area contributed by atoms with E-state index in [2.05, 4.69) is 34.9 Å². The number of hydrogen-bond donors (Lipinski definition) is 1. The highest BCUT2D eigenvalue weighted by Crippen LogP contribution is 2.39. The van der Waals surface area contributed by atoms with Crippen LogP contribution in [0.15, 0.2) is 47.1 Å². The molecule has 0 spiro atoms. The average molecular weight is 411 g/mol. The monoisotopic (exact) mass is 410 g/mol. The SMILES string of the molecule is CCOC(=O)C1=C(C)OC(N)=C(C#N)C1c1cccc(CN2CCN(CC)CC2)c1. The van der Waals surface area contributed by atoms with E-state index >= 15 is 0 Å². The third-order valence-corrected chi connectivity index (χ3v) is 5.70. The van der Waals surface area contributed by atoms with Crippen molar-refractivity contribution in [2.45, 2.75) is 33.2 Å². The Morgan fingerprint density at radius 1 is 1.27 bits per heavy atom. The summed E-state index contributed by atoms with van der Waals surface area (Å²) in [7, 11) is 0. The highest BCUT2D eigenvalue weighted by molar-refractivity contribution is 5.92. The van der Waals surface area contributed by atoms with Crippen LogP contribution in [0.5, 0.6) is 0 Å². The van der Waals surface area contributed by atoms with Crippen molar-refractivity contribution in [3.8, 4) is 6.07 Å². The van der Waals surface area contributed by atoms with Gasteiger partial charge in [0, 0.05) is 32.7 Å². The number of nitrogens with zero attached hydrogens (tertiary/aromatic N) is 3. The number of piperazine rings is 1. The molecule has 0 aliphatic carbocycles. The van der Waals surface area contributed by atoms with Crippen LogP contribution in [0.1, 0.15) is 37.8 Å². The van der Waals surface area contributed by atoms with E-state index in [0.717, 1.165) is 50.4 Å². The summed E-state index contributed by atoms with van der Waals surface area (Å²) in [6.07, 6.45) is 0. The second-order valence-corrected chi connectivity index (χ2v) is 7.57. The molecular weight excluding hydrogens is 380 g/mol. The molecule has 2 heterocycles. The second-order valence-electron chi connectivity index (χ2n) is 7.57.